The number of rotatable bonds is 3. The summed E-state index contributed by atoms with van der Waals surface area (Å²) in [5, 5.41) is 7.00. The van der Waals surface area contributed by atoms with Gasteiger partial charge in [0.1, 0.15) is 0 Å². The third-order valence-electron chi connectivity index (χ3n) is 4.02. The van der Waals surface area contributed by atoms with Crippen molar-refractivity contribution in [3.63, 3.8) is 0 Å². The maximum atomic E-state index is 7.00. The van der Waals surface area contributed by atoms with Gasteiger partial charge in [-0.1, -0.05) is 66.7 Å². The van der Waals surface area contributed by atoms with Crippen molar-refractivity contribution in [3.8, 4) is 33.8 Å². The quantitative estimate of drug-likeness (QED) is 0.452. The van der Waals surface area contributed by atoms with E-state index in [1.165, 1.54) is 5.56 Å². The van der Waals surface area contributed by atoms with E-state index in [2.05, 4.69) is 60.7 Å². The Morgan fingerprint density at radius 3 is 1.19 bits per heavy atom. The fourth-order valence-electron chi connectivity index (χ4n) is 2.79. The fraction of sp³-hybridized carbons (Fsp3) is 0.0417. The Kier molecular flexibility index (Phi) is 5.92. The third kappa shape index (κ3) is 4.05. The van der Waals surface area contributed by atoms with Gasteiger partial charge in [-0.2, -0.15) is 0 Å². The van der Waals surface area contributed by atoms with Gasteiger partial charge in [-0.25, -0.2) is 4.42 Å². The lowest BCUT2D eigenvalue weighted by Crippen LogP contribution is -1.85. The molecule has 0 aliphatic rings. The van der Waals surface area contributed by atoms with Crippen LogP contribution in [0.5, 0.6) is 0 Å². The van der Waals surface area contributed by atoms with Crippen LogP contribution < -0.4 is 0 Å². The molecule has 0 unspecified atom stereocenters. The molecule has 0 radical (unpaired) electrons. The lowest BCUT2D eigenvalue weighted by molar-refractivity contribution is 0.399. The average Bonchev–Trinajstić information content (AvgIpc) is 2.77. The number of aliphatic hydroxyl groups is 1. The summed E-state index contributed by atoms with van der Waals surface area (Å²) in [6, 6.07) is 35.1. The van der Waals surface area contributed by atoms with Crippen molar-refractivity contribution in [2.75, 3.05) is 7.11 Å². The first-order valence-corrected chi connectivity index (χ1v) is 8.49. The van der Waals surface area contributed by atoms with E-state index >= 15 is 0 Å². The molecule has 0 aliphatic heterocycles. The summed E-state index contributed by atoms with van der Waals surface area (Å²) >= 11 is 0. The Balaban J connectivity index is 0.000000948. The Bertz CT molecular complexity index is 794. The molecule has 3 aromatic carbocycles. The van der Waals surface area contributed by atoms with Crippen molar-refractivity contribution in [1.82, 2.24) is 0 Å². The monoisotopic (exact) mass is 341 g/mol. The highest BCUT2D eigenvalue weighted by Gasteiger charge is 2.20. The zero-order valence-corrected chi connectivity index (χ0v) is 14.7. The van der Waals surface area contributed by atoms with Crippen LogP contribution in [0.3, 0.4) is 0 Å². The Hall–Kier alpha value is -3.23. The minimum Gasteiger partial charge on any atom is -0.400 e. The molecule has 4 rings (SSSR count). The van der Waals surface area contributed by atoms with Crippen LogP contribution in [0.1, 0.15) is 0 Å². The van der Waals surface area contributed by atoms with Crippen LogP contribution in [0.4, 0.5) is 0 Å². The van der Waals surface area contributed by atoms with Crippen LogP contribution in [0.25, 0.3) is 33.8 Å². The van der Waals surface area contributed by atoms with Crippen molar-refractivity contribution in [1.29, 1.82) is 0 Å². The molecule has 1 aromatic heterocycles. The zero-order chi connectivity index (χ0) is 18.2. The molecule has 0 atom stereocenters. The molecule has 0 bridgehead atoms. The molecule has 4 aromatic rings. The van der Waals surface area contributed by atoms with Gasteiger partial charge in [0.05, 0.1) is 23.3 Å². The van der Waals surface area contributed by atoms with Gasteiger partial charge < -0.3 is 5.11 Å². The van der Waals surface area contributed by atoms with Crippen LogP contribution in [0.15, 0.2) is 108 Å². The summed E-state index contributed by atoms with van der Waals surface area (Å²) in [7, 11) is 1.00. The highest BCUT2D eigenvalue weighted by Crippen LogP contribution is 2.32. The first kappa shape index (κ1) is 17.6. The number of aliphatic hydroxyl groups excluding tert-OH is 1. The van der Waals surface area contributed by atoms with Gasteiger partial charge in [0.2, 0.25) is 0 Å². The van der Waals surface area contributed by atoms with Gasteiger partial charge in [0.15, 0.2) is 0 Å². The molecular formula is C24H21O2+. The third-order valence-corrected chi connectivity index (χ3v) is 4.02. The van der Waals surface area contributed by atoms with Gasteiger partial charge >= 0.3 is 11.5 Å². The van der Waals surface area contributed by atoms with E-state index in [1.807, 2.05) is 42.5 Å². The molecular weight excluding hydrogens is 320 g/mol. The number of hydrogen-bond donors (Lipinski definition) is 1. The second kappa shape index (κ2) is 8.75. The van der Waals surface area contributed by atoms with Crippen molar-refractivity contribution in [2.24, 2.45) is 0 Å². The van der Waals surface area contributed by atoms with Crippen LogP contribution in [-0.2, 0) is 0 Å². The molecule has 0 amide bonds. The molecule has 0 spiro atoms. The van der Waals surface area contributed by atoms with Crippen LogP contribution in [-0.4, -0.2) is 12.2 Å². The molecule has 0 fully saturated rings. The maximum absolute atomic E-state index is 7.00. The maximum Gasteiger partial charge on any atom is 0.361 e. The van der Waals surface area contributed by atoms with Crippen molar-refractivity contribution in [2.45, 2.75) is 0 Å². The van der Waals surface area contributed by atoms with Crippen molar-refractivity contribution in [3.05, 3.63) is 103 Å². The summed E-state index contributed by atoms with van der Waals surface area (Å²) < 4.78 is 6.21. The molecule has 1 N–H and O–H groups in total. The second-order valence-corrected chi connectivity index (χ2v) is 5.67. The Morgan fingerprint density at radius 1 is 0.462 bits per heavy atom. The van der Waals surface area contributed by atoms with Crippen LogP contribution in [0, 0.1) is 0 Å². The minimum absolute atomic E-state index is 0.871. The first-order chi connectivity index (χ1) is 12.9. The predicted molar refractivity (Wildman–Crippen MR) is 108 cm³/mol. The van der Waals surface area contributed by atoms with E-state index < -0.39 is 0 Å². The lowest BCUT2D eigenvalue weighted by atomic mass is 10.0. The molecule has 0 saturated heterocycles. The normalized spacial score (nSPS) is 9.92. The van der Waals surface area contributed by atoms with Gasteiger partial charge in [-0.05, 0) is 29.8 Å². The molecule has 128 valence electrons. The summed E-state index contributed by atoms with van der Waals surface area (Å²) in [4.78, 5) is 0. The first-order valence-electron chi connectivity index (χ1n) is 8.49. The van der Waals surface area contributed by atoms with Crippen LogP contribution in [0.2, 0.25) is 0 Å². The highest BCUT2D eigenvalue weighted by molar-refractivity contribution is 5.74. The molecule has 0 saturated carbocycles. The van der Waals surface area contributed by atoms with E-state index in [4.69, 9.17) is 9.52 Å². The number of hydrogen-bond acceptors (Lipinski definition) is 1. The highest BCUT2D eigenvalue weighted by atomic mass is 16.3. The predicted octanol–water partition coefficient (Wildman–Crippen LogP) is 6.17. The fourth-order valence-corrected chi connectivity index (χ4v) is 2.79. The molecule has 0 aliphatic carbocycles. The van der Waals surface area contributed by atoms with E-state index in [0.717, 1.165) is 35.3 Å². The van der Waals surface area contributed by atoms with Crippen molar-refractivity contribution < 1.29 is 9.52 Å². The summed E-state index contributed by atoms with van der Waals surface area (Å²) in [6.07, 6.45) is 0. The minimum atomic E-state index is 0.871. The van der Waals surface area contributed by atoms with E-state index in [9.17, 15) is 0 Å². The van der Waals surface area contributed by atoms with Gasteiger partial charge in [-0.3, -0.25) is 0 Å². The molecule has 2 nitrogen and oxygen atoms in total. The van der Waals surface area contributed by atoms with E-state index in [-0.39, 0.29) is 0 Å². The van der Waals surface area contributed by atoms with Crippen LogP contribution >= 0.6 is 0 Å². The molecule has 2 heteroatoms. The topological polar surface area (TPSA) is 31.5 Å². The Labute approximate surface area is 154 Å². The SMILES string of the molecule is CO.c1ccc(-c2cc(-c3ccccc3)[o+]c(-c3ccccc3)c2)cc1. The summed E-state index contributed by atoms with van der Waals surface area (Å²) in [5.41, 5.74) is 4.49. The average molecular weight is 341 g/mol. The lowest BCUT2D eigenvalue weighted by Gasteiger charge is -2.02. The Morgan fingerprint density at radius 2 is 0.808 bits per heavy atom. The zero-order valence-electron chi connectivity index (χ0n) is 14.7. The molecule has 26 heavy (non-hydrogen) atoms. The van der Waals surface area contributed by atoms with Crippen molar-refractivity contribution >= 4 is 0 Å². The largest absolute Gasteiger partial charge is 0.400 e. The number of benzene rings is 3. The smallest absolute Gasteiger partial charge is 0.361 e. The van der Waals surface area contributed by atoms with Gasteiger partial charge in [-0.15, -0.1) is 0 Å². The van der Waals surface area contributed by atoms with Gasteiger partial charge in [0, 0.05) is 12.7 Å². The van der Waals surface area contributed by atoms with E-state index in [0.29, 0.717) is 0 Å². The van der Waals surface area contributed by atoms with E-state index in [1.54, 1.807) is 0 Å². The standard InChI is InChI=1S/C23H17O.CH4O/c1-4-10-18(11-5-1)21-16-22(19-12-6-2-7-13-19)24-23(17-21)20-14-8-3-9-15-20;1-2/h1-17H;2H,1H3/q+1;. The summed E-state index contributed by atoms with van der Waals surface area (Å²) in [5.74, 6) is 1.74. The molecule has 1 heterocycles. The second-order valence-electron chi connectivity index (χ2n) is 5.67. The summed E-state index contributed by atoms with van der Waals surface area (Å²) in [6.45, 7) is 0. The van der Waals surface area contributed by atoms with Gasteiger partial charge in [0.25, 0.3) is 0 Å².